The van der Waals surface area contributed by atoms with Crippen LogP contribution in [0.3, 0.4) is 0 Å². The third-order valence-electron chi connectivity index (χ3n) is 5.58. The van der Waals surface area contributed by atoms with Gasteiger partial charge in [0.15, 0.2) is 11.0 Å². The first-order valence-corrected chi connectivity index (χ1v) is 11.3. The lowest BCUT2D eigenvalue weighted by atomic mass is 9.95. The van der Waals surface area contributed by atoms with Gasteiger partial charge in [0.25, 0.3) is 0 Å². The Labute approximate surface area is 184 Å². The van der Waals surface area contributed by atoms with Gasteiger partial charge in [-0.2, -0.15) is 0 Å². The molecule has 31 heavy (non-hydrogen) atoms. The van der Waals surface area contributed by atoms with Crippen LogP contribution in [-0.2, 0) is 5.75 Å². The van der Waals surface area contributed by atoms with E-state index in [-0.39, 0.29) is 11.8 Å². The Kier molecular flexibility index (Phi) is 6.75. The fraction of sp³-hybridized carbons (Fsp3) is 0.391. The molecule has 1 saturated carbocycles. The van der Waals surface area contributed by atoms with E-state index in [2.05, 4.69) is 14.8 Å². The van der Waals surface area contributed by atoms with Gasteiger partial charge in [-0.25, -0.2) is 8.78 Å². The van der Waals surface area contributed by atoms with Crippen molar-refractivity contribution in [1.29, 1.82) is 0 Å². The second kappa shape index (κ2) is 9.68. The Morgan fingerprint density at radius 3 is 2.35 bits per heavy atom. The predicted octanol–water partition coefficient (Wildman–Crippen LogP) is 6.04. The van der Waals surface area contributed by atoms with Crippen molar-refractivity contribution in [3.63, 3.8) is 0 Å². The lowest BCUT2D eigenvalue weighted by molar-refractivity contribution is 0.339. The number of methoxy groups -OCH3 is 2. The summed E-state index contributed by atoms with van der Waals surface area (Å²) in [6, 6.07) is 9.41. The molecule has 1 aliphatic carbocycles. The van der Waals surface area contributed by atoms with E-state index in [1.807, 2.05) is 18.2 Å². The second-order valence-corrected chi connectivity index (χ2v) is 8.54. The standard InChI is InChI=1S/C23H25F2N3O2S/c1-29-19-11-15(12-20(13-19)30-2)22-26-27-23(28(22)18-6-4-3-5-7-18)31-14-16-10-17(24)8-9-21(16)25/h8-13,18H,3-7,14H2,1-2H3. The van der Waals surface area contributed by atoms with Crippen LogP contribution >= 0.6 is 11.8 Å². The molecular weight excluding hydrogens is 420 g/mol. The number of aromatic nitrogens is 3. The average molecular weight is 446 g/mol. The van der Waals surface area contributed by atoms with Gasteiger partial charge in [-0.15, -0.1) is 10.2 Å². The molecule has 0 bridgehead atoms. The normalized spacial score (nSPS) is 14.6. The maximum absolute atomic E-state index is 14.1. The number of benzene rings is 2. The number of rotatable bonds is 7. The van der Waals surface area contributed by atoms with Gasteiger partial charge in [0.1, 0.15) is 23.1 Å². The molecular formula is C23H25F2N3O2S. The molecule has 0 saturated heterocycles. The Morgan fingerprint density at radius 2 is 1.68 bits per heavy atom. The van der Waals surface area contributed by atoms with Gasteiger partial charge in [0.05, 0.1) is 14.2 Å². The van der Waals surface area contributed by atoms with Crippen LogP contribution in [0, 0.1) is 11.6 Å². The Bertz CT molecular complexity index is 1030. The lowest BCUT2D eigenvalue weighted by Gasteiger charge is -2.25. The highest BCUT2D eigenvalue weighted by atomic mass is 32.2. The van der Waals surface area contributed by atoms with E-state index in [1.54, 1.807) is 14.2 Å². The number of hydrogen-bond donors (Lipinski definition) is 0. The fourth-order valence-electron chi connectivity index (χ4n) is 3.97. The highest BCUT2D eigenvalue weighted by Crippen LogP contribution is 2.38. The van der Waals surface area contributed by atoms with Crippen LogP contribution in [0.5, 0.6) is 11.5 Å². The maximum atomic E-state index is 14.1. The van der Waals surface area contributed by atoms with E-state index in [0.717, 1.165) is 49.2 Å². The molecule has 4 rings (SSSR count). The smallest absolute Gasteiger partial charge is 0.192 e. The number of halogens is 2. The monoisotopic (exact) mass is 445 g/mol. The largest absolute Gasteiger partial charge is 0.497 e. The molecule has 0 N–H and O–H groups in total. The van der Waals surface area contributed by atoms with Crippen molar-refractivity contribution >= 4 is 11.8 Å². The van der Waals surface area contributed by atoms with E-state index in [4.69, 9.17) is 9.47 Å². The van der Waals surface area contributed by atoms with Crippen molar-refractivity contribution in [2.75, 3.05) is 14.2 Å². The molecule has 0 unspecified atom stereocenters. The Morgan fingerprint density at radius 1 is 0.968 bits per heavy atom. The summed E-state index contributed by atoms with van der Waals surface area (Å²) in [6.07, 6.45) is 5.58. The number of nitrogens with zero attached hydrogens (tertiary/aromatic N) is 3. The molecule has 1 fully saturated rings. The zero-order valence-corrected chi connectivity index (χ0v) is 18.4. The quantitative estimate of drug-likeness (QED) is 0.415. The molecule has 0 amide bonds. The number of hydrogen-bond acceptors (Lipinski definition) is 5. The minimum absolute atomic E-state index is 0.260. The third kappa shape index (κ3) is 4.84. The summed E-state index contributed by atoms with van der Waals surface area (Å²) in [7, 11) is 3.22. The summed E-state index contributed by atoms with van der Waals surface area (Å²) in [5.41, 5.74) is 1.16. The topological polar surface area (TPSA) is 49.2 Å². The minimum Gasteiger partial charge on any atom is -0.497 e. The lowest BCUT2D eigenvalue weighted by Crippen LogP contribution is -2.15. The average Bonchev–Trinajstić information content (AvgIpc) is 3.23. The van der Waals surface area contributed by atoms with E-state index in [0.29, 0.717) is 22.2 Å². The zero-order chi connectivity index (χ0) is 21.8. The minimum atomic E-state index is -0.449. The molecule has 0 spiro atoms. The van der Waals surface area contributed by atoms with Gasteiger partial charge in [0, 0.05) is 29.0 Å². The Balaban J connectivity index is 1.71. The van der Waals surface area contributed by atoms with Crippen LogP contribution in [0.25, 0.3) is 11.4 Å². The summed E-state index contributed by atoms with van der Waals surface area (Å²) in [5, 5.41) is 9.60. The molecule has 1 aliphatic rings. The van der Waals surface area contributed by atoms with Crippen LogP contribution in [0.2, 0.25) is 0 Å². The van der Waals surface area contributed by atoms with Crippen molar-refractivity contribution in [2.24, 2.45) is 0 Å². The zero-order valence-electron chi connectivity index (χ0n) is 17.6. The molecule has 0 atom stereocenters. The number of thioether (sulfide) groups is 1. The highest BCUT2D eigenvalue weighted by Gasteiger charge is 2.25. The van der Waals surface area contributed by atoms with Crippen molar-refractivity contribution in [2.45, 2.75) is 49.1 Å². The summed E-state index contributed by atoms with van der Waals surface area (Å²) in [6.45, 7) is 0. The van der Waals surface area contributed by atoms with Gasteiger partial charge >= 0.3 is 0 Å². The molecule has 0 radical (unpaired) electrons. The molecule has 2 aromatic carbocycles. The van der Waals surface area contributed by atoms with Gasteiger partial charge in [-0.3, -0.25) is 4.57 Å². The molecule has 3 aromatic rings. The molecule has 1 aromatic heterocycles. The first-order valence-electron chi connectivity index (χ1n) is 10.3. The van der Waals surface area contributed by atoms with Gasteiger partial charge < -0.3 is 9.47 Å². The predicted molar refractivity (Wildman–Crippen MR) is 117 cm³/mol. The molecule has 1 heterocycles. The fourth-order valence-corrected chi connectivity index (χ4v) is 4.95. The Hall–Kier alpha value is -2.61. The highest BCUT2D eigenvalue weighted by molar-refractivity contribution is 7.98. The molecule has 5 nitrogen and oxygen atoms in total. The summed E-state index contributed by atoms with van der Waals surface area (Å²) >= 11 is 1.37. The van der Waals surface area contributed by atoms with Crippen molar-refractivity contribution < 1.29 is 18.3 Å². The number of ether oxygens (including phenoxy) is 2. The van der Waals surface area contributed by atoms with E-state index in [1.165, 1.54) is 24.2 Å². The van der Waals surface area contributed by atoms with Crippen LogP contribution in [-0.4, -0.2) is 29.0 Å². The molecule has 164 valence electrons. The van der Waals surface area contributed by atoms with Crippen LogP contribution in [0.15, 0.2) is 41.6 Å². The van der Waals surface area contributed by atoms with Crippen molar-refractivity contribution in [3.05, 3.63) is 53.6 Å². The first kappa shape index (κ1) is 21.6. The van der Waals surface area contributed by atoms with Crippen molar-refractivity contribution in [1.82, 2.24) is 14.8 Å². The summed E-state index contributed by atoms with van der Waals surface area (Å²) in [5.74, 6) is 1.47. The van der Waals surface area contributed by atoms with Gasteiger partial charge in [-0.1, -0.05) is 31.0 Å². The van der Waals surface area contributed by atoms with E-state index >= 15 is 0 Å². The second-order valence-electron chi connectivity index (χ2n) is 7.59. The third-order valence-corrected chi connectivity index (χ3v) is 6.57. The van der Waals surface area contributed by atoms with E-state index in [9.17, 15) is 8.78 Å². The van der Waals surface area contributed by atoms with Gasteiger partial charge in [0.2, 0.25) is 0 Å². The van der Waals surface area contributed by atoms with Crippen molar-refractivity contribution in [3.8, 4) is 22.9 Å². The first-order chi connectivity index (χ1) is 15.1. The molecule has 0 aliphatic heterocycles. The van der Waals surface area contributed by atoms with Gasteiger partial charge in [-0.05, 0) is 43.2 Å². The van der Waals surface area contributed by atoms with Crippen LogP contribution < -0.4 is 9.47 Å². The SMILES string of the molecule is COc1cc(OC)cc(-c2nnc(SCc3cc(F)ccc3F)n2C2CCCCC2)c1. The maximum Gasteiger partial charge on any atom is 0.192 e. The van der Waals surface area contributed by atoms with E-state index < -0.39 is 11.6 Å². The summed E-state index contributed by atoms with van der Waals surface area (Å²) in [4.78, 5) is 0. The summed E-state index contributed by atoms with van der Waals surface area (Å²) < 4.78 is 40.7. The van der Waals surface area contributed by atoms with Crippen LogP contribution in [0.4, 0.5) is 8.78 Å². The molecule has 8 heteroatoms. The van der Waals surface area contributed by atoms with Crippen LogP contribution in [0.1, 0.15) is 43.7 Å².